The molecule has 0 spiro atoms. The van der Waals surface area contributed by atoms with Crippen LogP contribution in [0.2, 0.25) is 0 Å². The van der Waals surface area contributed by atoms with E-state index in [0.717, 1.165) is 24.3 Å². The Morgan fingerprint density at radius 1 is 0.759 bits per heavy atom. The molecule has 0 saturated heterocycles. The van der Waals surface area contributed by atoms with Gasteiger partial charge in [0, 0.05) is 24.3 Å². The number of carbonyl (C=O) groups is 4. The molecule has 0 aromatic carbocycles. The van der Waals surface area contributed by atoms with Gasteiger partial charge < -0.3 is 40.3 Å². The Kier molecular flexibility index (Phi) is 5.57. The zero-order valence-corrected chi connectivity index (χ0v) is 14.3. The number of carboxylic acid groups (broad SMARTS) is 2. The monoisotopic (exact) mass is 414 g/mol. The molecular weight excluding hydrogens is 400 g/mol. The summed E-state index contributed by atoms with van der Waals surface area (Å²) in [6.07, 6.45) is -2.14. The van der Waals surface area contributed by atoms with Crippen molar-refractivity contribution in [2.75, 3.05) is 0 Å². The van der Waals surface area contributed by atoms with E-state index in [4.69, 9.17) is 0 Å². The van der Waals surface area contributed by atoms with Crippen molar-refractivity contribution in [2.45, 2.75) is 12.8 Å². The molecule has 2 rings (SSSR count). The van der Waals surface area contributed by atoms with Gasteiger partial charge in [0.15, 0.2) is 0 Å². The van der Waals surface area contributed by atoms with Gasteiger partial charge in [-0.3, -0.25) is 9.59 Å². The number of carbonyl (C=O) groups excluding carboxylic acids is 2. The number of carboxylic acids is 2. The highest BCUT2D eigenvalue weighted by Crippen LogP contribution is 2.29. The lowest BCUT2D eigenvalue weighted by molar-refractivity contribution is -0.180. The predicted molar refractivity (Wildman–Crippen MR) is 85.6 cm³/mol. The number of rotatable bonds is 8. The Labute approximate surface area is 159 Å². The first-order valence-corrected chi connectivity index (χ1v) is 7.60. The number of nitrogens with zero attached hydrogens (tertiary/aromatic N) is 2. The SMILES string of the molecule is O=C(CCC(C(=O)O)(C(=O)O)C(=O)On1c(O)ccc1O)On1c(O)ccc1O. The van der Waals surface area contributed by atoms with E-state index in [1.807, 2.05) is 0 Å². The topological polar surface area (TPSA) is 218 Å². The highest BCUT2D eigenvalue weighted by atomic mass is 16.7. The molecule has 0 atom stereocenters. The quantitative estimate of drug-likeness (QED) is 0.276. The van der Waals surface area contributed by atoms with Crippen molar-refractivity contribution >= 4 is 23.9 Å². The molecule has 0 fully saturated rings. The number of aliphatic carboxylic acids is 2. The smallest absolute Gasteiger partial charge is 0.361 e. The van der Waals surface area contributed by atoms with E-state index in [0.29, 0.717) is 0 Å². The van der Waals surface area contributed by atoms with Crippen molar-refractivity contribution in [3.8, 4) is 23.5 Å². The fourth-order valence-corrected chi connectivity index (χ4v) is 2.17. The maximum Gasteiger partial charge on any atom is 0.361 e. The third kappa shape index (κ3) is 3.85. The second-order valence-electron chi connectivity index (χ2n) is 5.55. The van der Waals surface area contributed by atoms with Crippen LogP contribution in [-0.4, -0.2) is 64.0 Å². The minimum Gasteiger partial charge on any atom is -0.492 e. The second kappa shape index (κ2) is 7.71. The van der Waals surface area contributed by atoms with Gasteiger partial charge in [-0.05, 0) is 6.42 Å². The highest BCUT2D eigenvalue weighted by Gasteiger charge is 2.56. The van der Waals surface area contributed by atoms with Gasteiger partial charge in [-0.15, -0.1) is 9.46 Å². The summed E-state index contributed by atoms with van der Waals surface area (Å²) in [5.74, 6) is -10.7. The van der Waals surface area contributed by atoms with E-state index in [1.165, 1.54) is 0 Å². The molecule has 29 heavy (non-hydrogen) atoms. The Hall–Kier alpha value is -4.36. The summed E-state index contributed by atoms with van der Waals surface area (Å²) in [5, 5.41) is 56.3. The van der Waals surface area contributed by atoms with Crippen LogP contribution in [0.3, 0.4) is 0 Å². The van der Waals surface area contributed by atoms with Crippen molar-refractivity contribution in [1.29, 1.82) is 0 Å². The number of hydrogen-bond donors (Lipinski definition) is 6. The van der Waals surface area contributed by atoms with E-state index in [9.17, 15) is 49.8 Å². The van der Waals surface area contributed by atoms with Gasteiger partial charge in [0.05, 0.1) is 6.42 Å². The van der Waals surface area contributed by atoms with E-state index < -0.39 is 65.7 Å². The largest absolute Gasteiger partial charge is 0.492 e. The molecule has 0 amide bonds. The van der Waals surface area contributed by atoms with Gasteiger partial charge in [-0.1, -0.05) is 0 Å². The van der Waals surface area contributed by atoms with Crippen LogP contribution in [0.25, 0.3) is 0 Å². The van der Waals surface area contributed by atoms with Crippen LogP contribution in [0.5, 0.6) is 23.5 Å². The summed E-state index contributed by atoms with van der Waals surface area (Å²) in [7, 11) is 0. The van der Waals surface area contributed by atoms with Crippen LogP contribution in [0, 0.1) is 5.41 Å². The lowest BCUT2D eigenvalue weighted by atomic mass is 9.83. The first-order chi connectivity index (χ1) is 13.5. The number of aromatic nitrogens is 2. The van der Waals surface area contributed by atoms with Crippen molar-refractivity contribution in [2.24, 2.45) is 5.41 Å². The van der Waals surface area contributed by atoms with Gasteiger partial charge in [0.1, 0.15) is 0 Å². The van der Waals surface area contributed by atoms with Crippen molar-refractivity contribution in [3.63, 3.8) is 0 Å². The Bertz CT molecular complexity index is 919. The molecule has 156 valence electrons. The average Bonchev–Trinajstić information content (AvgIpc) is 3.11. The Balaban J connectivity index is 2.23. The van der Waals surface area contributed by atoms with Crippen molar-refractivity contribution < 1.29 is 59.5 Å². The molecule has 14 nitrogen and oxygen atoms in total. The summed E-state index contributed by atoms with van der Waals surface area (Å²) < 4.78 is 0.358. The van der Waals surface area contributed by atoms with Gasteiger partial charge >= 0.3 is 23.9 Å². The molecule has 0 unspecified atom stereocenters. The molecule has 0 aliphatic carbocycles. The summed E-state index contributed by atoms with van der Waals surface area (Å²) >= 11 is 0. The van der Waals surface area contributed by atoms with Gasteiger partial charge in [0.2, 0.25) is 23.5 Å². The van der Waals surface area contributed by atoms with Gasteiger partial charge in [-0.25, -0.2) is 9.59 Å². The molecule has 0 radical (unpaired) electrons. The molecule has 2 heterocycles. The number of aromatic hydroxyl groups is 4. The molecule has 0 aliphatic rings. The van der Waals surface area contributed by atoms with Crippen molar-refractivity contribution in [1.82, 2.24) is 9.46 Å². The van der Waals surface area contributed by atoms with Gasteiger partial charge in [-0.2, -0.15) is 0 Å². The van der Waals surface area contributed by atoms with Gasteiger partial charge in [0.25, 0.3) is 5.41 Å². The Morgan fingerprint density at radius 3 is 1.52 bits per heavy atom. The van der Waals surface area contributed by atoms with E-state index in [1.54, 1.807) is 0 Å². The van der Waals surface area contributed by atoms with E-state index in [2.05, 4.69) is 9.68 Å². The van der Waals surface area contributed by atoms with Crippen LogP contribution < -0.4 is 9.68 Å². The molecule has 0 saturated carbocycles. The third-order valence-corrected chi connectivity index (χ3v) is 3.75. The first-order valence-electron chi connectivity index (χ1n) is 7.60. The fourth-order valence-electron chi connectivity index (χ4n) is 2.17. The molecular formula is C15H14N2O12. The molecule has 2 aromatic rings. The van der Waals surface area contributed by atoms with Crippen LogP contribution in [0.1, 0.15) is 12.8 Å². The predicted octanol–water partition coefficient (Wildman–Crippen LogP) is -1.34. The normalized spacial score (nSPS) is 11.0. The zero-order valence-electron chi connectivity index (χ0n) is 14.3. The third-order valence-electron chi connectivity index (χ3n) is 3.75. The molecule has 0 bridgehead atoms. The average molecular weight is 414 g/mol. The lowest BCUT2D eigenvalue weighted by Crippen LogP contribution is -2.50. The van der Waals surface area contributed by atoms with Crippen LogP contribution >= 0.6 is 0 Å². The maximum absolute atomic E-state index is 12.3. The van der Waals surface area contributed by atoms with Crippen molar-refractivity contribution in [3.05, 3.63) is 24.3 Å². The summed E-state index contributed by atoms with van der Waals surface area (Å²) in [4.78, 5) is 56.3. The lowest BCUT2D eigenvalue weighted by Gasteiger charge is -2.22. The molecule has 0 aliphatic heterocycles. The Morgan fingerprint density at radius 2 is 1.14 bits per heavy atom. The molecule has 14 heteroatoms. The van der Waals surface area contributed by atoms with E-state index in [-0.39, 0.29) is 9.46 Å². The minimum absolute atomic E-state index is 0.0805. The van der Waals surface area contributed by atoms with E-state index >= 15 is 0 Å². The number of hydrogen-bond acceptors (Lipinski definition) is 10. The van der Waals surface area contributed by atoms with Crippen LogP contribution in [0.15, 0.2) is 24.3 Å². The van der Waals surface area contributed by atoms with Crippen LogP contribution in [0.4, 0.5) is 0 Å². The summed E-state index contributed by atoms with van der Waals surface area (Å²) in [5.41, 5.74) is -3.32. The van der Waals surface area contributed by atoms with Crippen LogP contribution in [-0.2, 0) is 19.2 Å². The fraction of sp³-hybridized carbons (Fsp3) is 0.200. The molecule has 6 N–H and O–H groups in total. The maximum atomic E-state index is 12.3. The minimum atomic E-state index is -3.32. The first kappa shape index (κ1) is 20.9. The second-order valence-corrected chi connectivity index (χ2v) is 5.55. The standard InChI is InChI=1S/C15H14N2O12/c18-7-1-2-8(19)16(7)28-11(22)5-6-15(12(23)24,13(25)26)14(27)29-17-9(20)3-4-10(17)21/h1-4,18-21H,5-6H2,(H,23,24)(H,25,26). The summed E-state index contributed by atoms with van der Waals surface area (Å²) in [6.45, 7) is 0. The zero-order chi connectivity index (χ0) is 21.9. The molecule has 2 aromatic heterocycles. The highest BCUT2D eigenvalue weighted by molar-refractivity contribution is 6.17. The summed E-state index contributed by atoms with van der Waals surface area (Å²) in [6, 6.07) is 3.68.